The molecule has 0 aliphatic carbocycles. The summed E-state index contributed by atoms with van der Waals surface area (Å²) in [6.45, 7) is 0.698. The molecule has 0 saturated carbocycles. The lowest BCUT2D eigenvalue weighted by atomic mass is 10.2. The van der Waals surface area contributed by atoms with Crippen LogP contribution < -0.4 is 10.5 Å². The number of hydrogen-bond acceptors (Lipinski definition) is 3. The third kappa shape index (κ3) is 2.65. The van der Waals surface area contributed by atoms with Gasteiger partial charge in [-0.15, -0.1) is 0 Å². The Bertz CT molecular complexity index is 349. The van der Waals surface area contributed by atoms with Crippen molar-refractivity contribution in [2.45, 2.75) is 12.8 Å². The highest BCUT2D eigenvalue weighted by atomic mass is 19.3. The standard InChI is InChI=1S/C8H8F2N2O2/c1-8(9,10)6-4-5(2-3-12-6)14-7(11)13/h2-4H,1H3,(H2,11,13). The van der Waals surface area contributed by atoms with Crippen molar-refractivity contribution in [3.05, 3.63) is 24.0 Å². The highest BCUT2D eigenvalue weighted by molar-refractivity contribution is 5.67. The van der Waals surface area contributed by atoms with Crippen molar-refractivity contribution in [3.8, 4) is 5.75 Å². The first-order valence-corrected chi connectivity index (χ1v) is 3.71. The zero-order chi connectivity index (χ0) is 10.8. The highest BCUT2D eigenvalue weighted by Gasteiger charge is 2.26. The number of ether oxygens (including phenoxy) is 1. The fourth-order valence-electron chi connectivity index (χ4n) is 0.831. The first-order chi connectivity index (χ1) is 6.39. The summed E-state index contributed by atoms with van der Waals surface area (Å²) in [7, 11) is 0. The molecule has 76 valence electrons. The zero-order valence-electron chi connectivity index (χ0n) is 7.33. The molecule has 0 aliphatic rings. The summed E-state index contributed by atoms with van der Waals surface area (Å²) in [6, 6.07) is 2.23. The van der Waals surface area contributed by atoms with Gasteiger partial charge in [-0.3, -0.25) is 4.98 Å². The Balaban J connectivity index is 2.95. The van der Waals surface area contributed by atoms with E-state index < -0.39 is 17.7 Å². The second kappa shape index (κ2) is 3.57. The Labute approximate surface area is 78.7 Å². The normalized spacial score (nSPS) is 11.1. The summed E-state index contributed by atoms with van der Waals surface area (Å²) >= 11 is 0. The minimum Gasteiger partial charge on any atom is -0.410 e. The second-order valence-electron chi connectivity index (χ2n) is 2.69. The molecule has 1 heterocycles. The predicted molar refractivity (Wildman–Crippen MR) is 44.0 cm³/mol. The van der Waals surface area contributed by atoms with Crippen molar-refractivity contribution in [2.75, 3.05) is 0 Å². The van der Waals surface area contributed by atoms with Gasteiger partial charge in [0, 0.05) is 19.2 Å². The highest BCUT2D eigenvalue weighted by Crippen LogP contribution is 2.27. The van der Waals surface area contributed by atoms with E-state index in [0.717, 1.165) is 12.3 Å². The molecule has 0 aromatic carbocycles. The van der Waals surface area contributed by atoms with Crippen LogP contribution in [0, 0.1) is 0 Å². The molecule has 1 amide bonds. The Morgan fingerprint density at radius 3 is 2.79 bits per heavy atom. The fourth-order valence-corrected chi connectivity index (χ4v) is 0.831. The molecule has 1 rings (SSSR count). The SMILES string of the molecule is CC(F)(F)c1cc(OC(N)=O)ccn1. The molecule has 4 nitrogen and oxygen atoms in total. The van der Waals surface area contributed by atoms with Crippen LogP contribution in [-0.2, 0) is 5.92 Å². The smallest absolute Gasteiger partial charge is 0.409 e. The summed E-state index contributed by atoms with van der Waals surface area (Å²) in [5, 5.41) is 0. The number of nitrogens with zero attached hydrogens (tertiary/aromatic N) is 1. The van der Waals surface area contributed by atoms with Crippen LogP contribution >= 0.6 is 0 Å². The van der Waals surface area contributed by atoms with E-state index in [4.69, 9.17) is 5.73 Å². The maximum Gasteiger partial charge on any atom is 0.409 e. The van der Waals surface area contributed by atoms with E-state index in [2.05, 4.69) is 9.72 Å². The van der Waals surface area contributed by atoms with Crippen molar-refractivity contribution in [2.24, 2.45) is 5.73 Å². The van der Waals surface area contributed by atoms with Gasteiger partial charge in [0.1, 0.15) is 11.4 Å². The summed E-state index contributed by atoms with van der Waals surface area (Å²) in [4.78, 5) is 13.8. The second-order valence-corrected chi connectivity index (χ2v) is 2.69. The summed E-state index contributed by atoms with van der Waals surface area (Å²) < 4.78 is 29.9. The van der Waals surface area contributed by atoms with E-state index in [1.165, 1.54) is 6.07 Å². The lowest BCUT2D eigenvalue weighted by Gasteiger charge is -2.09. The van der Waals surface area contributed by atoms with E-state index in [0.29, 0.717) is 6.92 Å². The van der Waals surface area contributed by atoms with Gasteiger partial charge in [-0.1, -0.05) is 0 Å². The Kier molecular flexibility index (Phi) is 2.64. The topological polar surface area (TPSA) is 65.2 Å². The first kappa shape index (κ1) is 10.4. The van der Waals surface area contributed by atoms with Crippen molar-refractivity contribution >= 4 is 6.09 Å². The van der Waals surface area contributed by atoms with Crippen LogP contribution in [0.5, 0.6) is 5.75 Å². The number of primary amides is 1. The average Bonchev–Trinajstić information content (AvgIpc) is 2.01. The van der Waals surface area contributed by atoms with E-state index in [9.17, 15) is 13.6 Å². The number of alkyl halides is 2. The van der Waals surface area contributed by atoms with Crippen molar-refractivity contribution in [3.63, 3.8) is 0 Å². The van der Waals surface area contributed by atoms with E-state index in [1.54, 1.807) is 0 Å². The minimum atomic E-state index is -3.07. The maximum absolute atomic E-state index is 12.7. The maximum atomic E-state index is 12.7. The van der Waals surface area contributed by atoms with Crippen molar-refractivity contribution < 1.29 is 18.3 Å². The molecule has 2 N–H and O–H groups in total. The van der Waals surface area contributed by atoms with Crippen LogP contribution in [0.15, 0.2) is 18.3 Å². The van der Waals surface area contributed by atoms with Crippen LogP contribution in [0.2, 0.25) is 0 Å². The average molecular weight is 202 g/mol. The van der Waals surface area contributed by atoms with Gasteiger partial charge in [0.05, 0.1) is 0 Å². The van der Waals surface area contributed by atoms with Crippen molar-refractivity contribution in [1.82, 2.24) is 4.98 Å². The number of nitrogens with two attached hydrogens (primary N) is 1. The lowest BCUT2D eigenvalue weighted by Crippen LogP contribution is -2.17. The molecule has 1 aromatic heterocycles. The predicted octanol–water partition coefficient (Wildman–Crippen LogP) is 1.65. The van der Waals surface area contributed by atoms with Crippen LogP contribution in [0.1, 0.15) is 12.6 Å². The van der Waals surface area contributed by atoms with Gasteiger partial charge in [-0.05, 0) is 6.07 Å². The van der Waals surface area contributed by atoms with Gasteiger partial charge < -0.3 is 10.5 Å². The molecule has 6 heteroatoms. The number of rotatable bonds is 2. The van der Waals surface area contributed by atoms with Crippen LogP contribution in [-0.4, -0.2) is 11.1 Å². The van der Waals surface area contributed by atoms with E-state index in [1.807, 2.05) is 0 Å². The van der Waals surface area contributed by atoms with Gasteiger partial charge in [0.25, 0.3) is 5.92 Å². The van der Waals surface area contributed by atoms with Crippen LogP contribution in [0.25, 0.3) is 0 Å². The quantitative estimate of drug-likeness (QED) is 0.792. The Hall–Kier alpha value is -1.72. The van der Waals surface area contributed by atoms with Gasteiger partial charge in [-0.2, -0.15) is 8.78 Å². The monoisotopic (exact) mass is 202 g/mol. The summed E-state index contributed by atoms with van der Waals surface area (Å²) in [5.74, 6) is -3.12. The third-order valence-corrected chi connectivity index (χ3v) is 1.40. The summed E-state index contributed by atoms with van der Waals surface area (Å²) in [6.07, 6.45) is 0.0620. The van der Waals surface area contributed by atoms with Gasteiger partial charge in [-0.25, -0.2) is 4.79 Å². The Morgan fingerprint density at radius 1 is 1.64 bits per heavy atom. The molecule has 1 aromatic rings. The number of amides is 1. The molecule has 0 bridgehead atoms. The number of halogens is 2. The fraction of sp³-hybridized carbons (Fsp3) is 0.250. The van der Waals surface area contributed by atoms with Gasteiger partial charge in [0.15, 0.2) is 0 Å². The van der Waals surface area contributed by atoms with Gasteiger partial charge >= 0.3 is 6.09 Å². The number of carbonyl (C=O) groups is 1. The molecule has 0 spiro atoms. The number of aromatic nitrogens is 1. The third-order valence-electron chi connectivity index (χ3n) is 1.40. The molecule has 0 unspecified atom stereocenters. The van der Waals surface area contributed by atoms with Crippen molar-refractivity contribution in [1.29, 1.82) is 0 Å². The number of hydrogen-bond donors (Lipinski definition) is 1. The molecule has 0 fully saturated rings. The molecular weight excluding hydrogens is 194 g/mol. The molecular formula is C8H8F2N2O2. The Morgan fingerprint density at radius 2 is 2.29 bits per heavy atom. The molecule has 0 radical (unpaired) electrons. The lowest BCUT2D eigenvalue weighted by molar-refractivity contribution is 0.0125. The zero-order valence-corrected chi connectivity index (χ0v) is 7.33. The molecule has 0 aliphatic heterocycles. The molecule has 0 saturated heterocycles. The van der Waals surface area contributed by atoms with Crippen LogP contribution in [0.4, 0.5) is 13.6 Å². The molecule has 14 heavy (non-hydrogen) atoms. The van der Waals surface area contributed by atoms with E-state index in [-0.39, 0.29) is 5.75 Å². The number of carbonyl (C=O) groups excluding carboxylic acids is 1. The minimum absolute atomic E-state index is 0.0518. The van der Waals surface area contributed by atoms with E-state index >= 15 is 0 Å². The van der Waals surface area contributed by atoms with Gasteiger partial charge in [0.2, 0.25) is 0 Å². The number of pyridine rings is 1. The summed E-state index contributed by atoms with van der Waals surface area (Å²) in [5.41, 5.74) is 4.24. The largest absolute Gasteiger partial charge is 0.410 e. The molecule has 0 atom stereocenters. The van der Waals surface area contributed by atoms with Crippen LogP contribution in [0.3, 0.4) is 0 Å². The first-order valence-electron chi connectivity index (χ1n) is 3.71.